The molecular weight excluding hydrogens is 324 g/mol. The lowest BCUT2D eigenvalue weighted by Gasteiger charge is -2.35. The van der Waals surface area contributed by atoms with E-state index in [4.69, 9.17) is 10.5 Å². The van der Waals surface area contributed by atoms with Crippen LogP contribution in [-0.2, 0) is 0 Å². The average Bonchev–Trinajstić information content (AvgIpc) is 2.94. The van der Waals surface area contributed by atoms with Crippen LogP contribution >= 0.6 is 11.3 Å². The number of nitrogens with zero attached hydrogens (tertiary/aromatic N) is 3. The summed E-state index contributed by atoms with van der Waals surface area (Å²) in [6, 6.07) is 5.91. The molecular formula is C17H26N4O2S. The molecule has 1 fully saturated rings. The molecule has 7 heteroatoms. The number of hydrogen-bond acceptors (Lipinski definition) is 7. The third kappa shape index (κ3) is 4.64. The highest BCUT2D eigenvalue weighted by atomic mass is 32.1. The molecule has 1 aromatic carbocycles. The number of aromatic nitrogens is 1. The minimum atomic E-state index is -0.487. The van der Waals surface area contributed by atoms with E-state index in [1.807, 2.05) is 25.1 Å². The van der Waals surface area contributed by atoms with Crippen LogP contribution in [0.1, 0.15) is 5.01 Å². The highest BCUT2D eigenvalue weighted by Crippen LogP contribution is 2.25. The topological polar surface area (TPSA) is 74.9 Å². The van der Waals surface area contributed by atoms with E-state index in [-0.39, 0.29) is 0 Å². The first-order valence-corrected chi connectivity index (χ1v) is 9.28. The van der Waals surface area contributed by atoms with Crippen molar-refractivity contribution in [3.05, 3.63) is 23.2 Å². The van der Waals surface area contributed by atoms with Crippen LogP contribution in [0.2, 0.25) is 0 Å². The second-order valence-electron chi connectivity index (χ2n) is 6.26. The number of aryl methyl sites for hydroxylation is 1. The van der Waals surface area contributed by atoms with Crippen molar-refractivity contribution in [2.24, 2.45) is 5.73 Å². The Morgan fingerprint density at radius 3 is 2.79 bits per heavy atom. The Bertz CT molecular complexity index is 655. The van der Waals surface area contributed by atoms with Gasteiger partial charge in [0.1, 0.15) is 18.5 Å². The Hall–Kier alpha value is -1.25. The quantitative estimate of drug-likeness (QED) is 0.773. The van der Waals surface area contributed by atoms with Gasteiger partial charge in [0, 0.05) is 51.9 Å². The van der Waals surface area contributed by atoms with Crippen molar-refractivity contribution < 1.29 is 9.84 Å². The van der Waals surface area contributed by atoms with Crippen LogP contribution in [-0.4, -0.2) is 78.4 Å². The fourth-order valence-electron chi connectivity index (χ4n) is 3.03. The molecule has 1 aliphatic rings. The van der Waals surface area contributed by atoms with Crippen molar-refractivity contribution in [3.8, 4) is 5.75 Å². The number of ether oxygens (including phenoxy) is 1. The van der Waals surface area contributed by atoms with Gasteiger partial charge in [-0.05, 0) is 19.1 Å². The monoisotopic (exact) mass is 350 g/mol. The van der Waals surface area contributed by atoms with Crippen molar-refractivity contribution in [1.82, 2.24) is 14.8 Å². The number of benzene rings is 1. The fraction of sp³-hybridized carbons (Fsp3) is 0.588. The molecule has 3 rings (SSSR count). The Labute approximate surface area is 146 Å². The van der Waals surface area contributed by atoms with Crippen molar-refractivity contribution in [3.63, 3.8) is 0 Å². The molecule has 3 N–H and O–H groups in total. The largest absolute Gasteiger partial charge is 0.491 e. The van der Waals surface area contributed by atoms with Gasteiger partial charge >= 0.3 is 0 Å². The molecule has 0 unspecified atom stereocenters. The first-order valence-electron chi connectivity index (χ1n) is 8.47. The predicted octanol–water partition coefficient (Wildman–Crippen LogP) is 0.921. The second-order valence-corrected chi connectivity index (χ2v) is 7.49. The Morgan fingerprint density at radius 1 is 1.29 bits per heavy atom. The summed E-state index contributed by atoms with van der Waals surface area (Å²) in [4.78, 5) is 9.12. The summed E-state index contributed by atoms with van der Waals surface area (Å²) in [5.74, 6) is 0.764. The third-order valence-electron chi connectivity index (χ3n) is 4.29. The number of hydrogen-bond donors (Lipinski definition) is 2. The number of thiazole rings is 1. The maximum Gasteiger partial charge on any atom is 0.121 e. The lowest BCUT2D eigenvalue weighted by Crippen LogP contribution is -2.50. The Balaban J connectivity index is 1.44. The molecule has 1 atom stereocenters. The smallest absolute Gasteiger partial charge is 0.121 e. The maximum absolute atomic E-state index is 10.2. The molecule has 0 amide bonds. The summed E-state index contributed by atoms with van der Waals surface area (Å²) < 4.78 is 6.91. The predicted molar refractivity (Wildman–Crippen MR) is 97.8 cm³/mol. The van der Waals surface area contributed by atoms with Gasteiger partial charge in [0.2, 0.25) is 0 Å². The number of piperazine rings is 1. The van der Waals surface area contributed by atoms with Crippen molar-refractivity contribution in [2.45, 2.75) is 13.0 Å². The number of aliphatic hydroxyl groups is 1. The molecule has 1 aromatic heterocycles. The standard InChI is InChI=1S/C17H26N4O2S/c1-13-19-16-10-15(2-3-17(16)24-13)23-12-14(22)11-21-8-6-20(5-4-18)7-9-21/h2-3,10,14,22H,4-9,11-12,18H2,1H3/t14-/m1/s1. The highest BCUT2D eigenvalue weighted by molar-refractivity contribution is 7.18. The highest BCUT2D eigenvalue weighted by Gasteiger charge is 2.19. The first kappa shape index (κ1) is 17.6. The van der Waals surface area contributed by atoms with Gasteiger partial charge in [0.25, 0.3) is 0 Å². The average molecular weight is 350 g/mol. The van der Waals surface area contributed by atoms with Gasteiger partial charge in [-0.15, -0.1) is 11.3 Å². The molecule has 6 nitrogen and oxygen atoms in total. The maximum atomic E-state index is 10.2. The molecule has 2 aromatic rings. The van der Waals surface area contributed by atoms with Gasteiger partial charge in [-0.25, -0.2) is 4.98 Å². The molecule has 24 heavy (non-hydrogen) atoms. The Kier molecular flexibility index (Phi) is 6.02. The summed E-state index contributed by atoms with van der Waals surface area (Å²) in [6.07, 6.45) is -0.487. The van der Waals surface area contributed by atoms with E-state index in [2.05, 4.69) is 14.8 Å². The molecule has 0 bridgehead atoms. The van der Waals surface area contributed by atoms with Crippen LogP contribution in [0, 0.1) is 6.92 Å². The summed E-state index contributed by atoms with van der Waals surface area (Å²) in [6.45, 7) is 8.60. The van der Waals surface area contributed by atoms with Gasteiger partial charge in [0.15, 0.2) is 0 Å². The molecule has 0 radical (unpaired) electrons. The Morgan fingerprint density at radius 2 is 2.04 bits per heavy atom. The molecule has 132 valence electrons. The first-order chi connectivity index (χ1) is 11.6. The SMILES string of the molecule is Cc1nc2cc(OC[C@H](O)CN3CCN(CCN)CC3)ccc2s1. The van der Waals surface area contributed by atoms with Gasteiger partial charge in [-0.2, -0.15) is 0 Å². The fourth-order valence-corrected chi connectivity index (χ4v) is 3.84. The summed E-state index contributed by atoms with van der Waals surface area (Å²) in [5.41, 5.74) is 6.55. The lowest BCUT2D eigenvalue weighted by molar-refractivity contribution is 0.0467. The zero-order valence-electron chi connectivity index (χ0n) is 14.1. The van der Waals surface area contributed by atoms with Crippen molar-refractivity contribution in [1.29, 1.82) is 0 Å². The third-order valence-corrected chi connectivity index (χ3v) is 5.24. The number of nitrogens with two attached hydrogens (primary N) is 1. The summed E-state index contributed by atoms with van der Waals surface area (Å²) >= 11 is 1.68. The minimum Gasteiger partial charge on any atom is -0.491 e. The summed E-state index contributed by atoms with van der Waals surface area (Å²) in [7, 11) is 0. The number of fused-ring (bicyclic) bond motifs is 1. The van der Waals surface area contributed by atoms with Gasteiger partial charge in [-0.1, -0.05) is 0 Å². The summed E-state index contributed by atoms with van der Waals surface area (Å²) in [5, 5.41) is 11.3. The molecule has 0 spiro atoms. The van der Waals surface area contributed by atoms with Crippen LogP contribution in [0.3, 0.4) is 0 Å². The zero-order valence-corrected chi connectivity index (χ0v) is 15.0. The van der Waals surface area contributed by atoms with Crippen LogP contribution in [0.4, 0.5) is 0 Å². The van der Waals surface area contributed by atoms with Crippen molar-refractivity contribution >= 4 is 21.6 Å². The zero-order chi connectivity index (χ0) is 16.9. The second kappa shape index (κ2) is 8.22. The van der Waals surface area contributed by atoms with E-state index in [9.17, 15) is 5.11 Å². The number of aliphatic hydroxyl groups excluding tert-OH is 1. The van der Waals surface area contributed by atoms with E-state index >= 15 is 0 Å². The van der Waals surface area contributed by atoms with Crippen LogP contribution in [0.25, 0.3) is 10.2 Å². The molecule has 2 heterocycles. The normalized spacial score (nSPS) is 18.1. The van der Waals surface area contributed by atoms with E-state index in [0.29, 0.717) is 19.7 Å². The van der Waals surface area contributed by atoms with E-state index in [1.165, 1.54) is 0 Å². The van der Waals surface area contributed by atoms with Gasteiger partial charge < -0.3 is 15.6 Å². The van der Waals surface area contributed by atoms with Crippen LogP contribution in [0.5, 0.6) is 5.75 Å². The van der Waals surface area contributed by atoms with Crippen LogP contribution < -0.4 is 10.5 Å². The van der Waals surface area contributed by atoms with E-state index in [1.54, 1.807) is 11.3 Å². The van der Waals surface area contributed by atoms with Crippen LogP contribution in [0.15, 0.2) is 18.2 Å². The van der Waals surface area contributed by atoms with Gasteiger partial charge in [0.05, 0.1) is 15.2 Å². The number of β-amino-alcohol motifs (C(OH)–C–C–N with tert-alkyl or cyclic N) is 1. The minimum absolute atomic E-state index is 0.303. The van der Waals surface area contributed by atoms with E-state index < -0.39 is 6.10 Å². The molecule has 0 saturated carbocycles. The van der Waals surface area contributed by atoms with E-state index in [0.717, 1.165) is 53.7 Å². The van der Waals surface area contributed by atoms with Gasteiger partial charge in [-0.3, -0.25) is 9.80 Å². The molecule has 1 saturated heterocycles. The van der Waals surface area contributed by atoms with Crippen molar-refractivity contribution in [2.75, 3.05) is 52.4 Å². The lowest BCUT2D eigenvalue weighted by atomic mass is 10.2. The molecule has 1 aliphatic heterocycles. The molecule has 0 aliphatic carbocycles. The number of rotatable bonds is 7.